The van der Waals surface area contributed by atoms with E-state index in [9.17, 15) is 0 Å². The molecule has 0 bridgehead atoms. The minimum atomic E-state index is 0.689. The molecule has 1 aliphatic rings. The molecule has 0 radical (unpaired) electrons. The first-order valence-electron chi connectivity index (χ1n) is 5.79. The summed E-state index contributed by atoms with van der Waals surface area (Å²) in [7, 11) is 0. The van der Waals surface area contributed by atoms with Gasteiger partial charge in [-0.05, 0) is 19.8 Å². The molecule has 1 aromatic heterocycles. The molecule has 0 atom stereocenters. The first-order chi connectivity index (χ1) is 7.31. The SMILES string of the molecule is CCN(c1ncc(N)s1)C1CCCCC1. The third-order valence-corrected chi connectivity index (χ3v) is 3.98. The van der Waals surface area contributed by atoms with E-state index in [4.69, 9.17) is 5.73 Å². The number of hydrogen-bond donors (Lipinski definition) is 1. The highest BCUT2D eigenvalue weighted by Crippen LogP contribution is 2.30. The van der Waals surface area contributed by atoms with Crippen LogP contribution in [0.5, 0.6) is 0 Å². The van der Waals surface area contributed by atoms with E-state index in [-0.39, 0.29) is 0 Å². The topological polar surface area (TPSA) is 42.2 Å². The number of nitrogens with two attached hydrogens (primary N) is 1. The van der Waals surface area contributed by atoms with Crippen LogP contribution in [0.2, 0.25) is 0 Å². The number of rotatable bonds is 3. The zero-order valence-corrected chi connectivity index (χ0v) is 10.1. The molecule has 0 aromatic carbocycles. The van der Waals surface area contributed by atoms with Crippen LogP contribution >= 0.6 is 11.3 Å². The number of anilines is 2. The second-order valence-electron chi connectivity index (χ2n) is 4.12. The Kier molecular flexibility index (Phi) is 3.46. The molecule has 0 spiro atoms. The summed E-state index contributed by atoms with van der Waals surface area (Å²) < 4.78 is 0. The fraction of sp³-hybridized carbons (Fsp3) is 0.727. The molecule has 1 heterocycles. The highest BCUT2D eigenvalue weighted by atomic mass is 32.1. The van der Waals surface area contributed by atoms with Crippen LogP contribution in [0.15, 0.2) is 6.20 Å². The highest BCUT2D eigenvalue weighted by Gasteiger charge is 2.21. The third-order valence-electron chi connectivity index (χ3n) is 3.11. The molecule has 4 heteroatoms. The molecule has 1 aliphatic carbocycles. The van der Waals surface area contributed by atoms with Crippen molar-refractivity contribution in [3.8, 4) is 0 Å². The van der Waals surface area contributed by atoms with Crippen LogP contribution in [0.1, 0.15) is 39.0 Å². The number of hydrogen-bond acceptors (Lipinski definition) is 4. The van der Waals surface area contributed by atoms with Gasteiger partial charge in [-0.25, -0.2) is 4.98 Å². The molecule has 3 nitrogen and oxygen atoms in total. The van der Waals surface area contributed by atoms with Crippen molar-refractivity contribution in [1.29, 1.82) is 0 Å². The van der Waals surface area contributed by atoms with Gasteiger partial charge in [-0.2, -0.15) is 0 Å². The van der Waals surface area contributed by atoms with Crippen molar-refractivity contribution in [2.24, 2.45) is 0 Å². The van der Waals surface area contributed by atoms with Gasteiger partial charge in [-0.1, -0.05) is 30.6 Å². The summed E-state index contributed by atoms with van der Waals surface area (Å²) in [5, 5.41) is 1.92. The Morgan fingerprint density at radius 3 is 2.73 bits per heavy atom. The third kappa shape index (κ3) is 2.43. The molecule has 84 valence electrons. The molecule has 2 rings (SSSR count). The molecule has 1 saturated carbocycles. The molecule has 0 saturated heterocycles. The lowest BCUT2D eigenvalue weighted by atomic mass is 9.94. The second kappa shape index (κ2) is 4.84. The Labute approximate surface area is 95.3 Å². The Hall–Kier alpha value is -0.770. The largest absolute Gasteiger partial charge is 0.389 e. The average molecular weight is 225 g/mol. The summed E-state index contributed by atoms with van der Waals surface area (Å²) >= 11 is 1.61. The van der Waals surface area contributed by atoms with Crippen LogP contribution in [0.4, 0.5) is 10.1 Å². The van der Waals surface area contributed by atoms with Gasteiger partial charge in [0.15, 0.2) is 5.13 Å². The van der Waals surface area contributed by atoms with Gasteiger partial charge in [0.1, 0.15) is 5.00 Å². The van der Waals surface area contributed by atoms with E-state index < -0.39 is 0 Å². The number of nitrogen functional groups attached to an aromatic ring is 1. The van der Waals surface area contributed by atoms with Crippen LogP contribution < -0.4 is 10.6 Å². The van der Waals surface area contributed by atoms with Crippen molar-refractivity contribution >= 4 is 21.5 Å². The fourth-order valence-electron chi connectivity index (χ4n) is 2.35. The number of nitrogens with zero attached hydrogens (tertiary/aromatic N) is 2. The van der Waals surface area contributed by atoms with E-state index in [0.29, 0.717) is 6.04 Å². The molecule has 0 unspecified atom stereocenters. The van der Waals surface area contributed by atoms with Gasteiger partial charge in [-0.15, -0.1) is 0 Å². The Balaban J connectivity index is 2.08. The number of thiazole rings is 1. The summed E-state index contributed by atoms with van der Waals surface area (Å²) in [6.07, 6.45) is 8.52. The van der Waals surface area contributed by atoms with Gasteiger partial charge in [0.05, 0.1) is 6.20 Å². The first-order valence-corrected chi connectivity index (χ1v) is 6.61. The molecule has 2 N–H and O–H groups in total. The van der Waals surface area contributed by atoms with Crippen molar-refractivity contribution < 1.29 is 0 Å². The van der Waals surface area contributed by atoms with E-state index >= 15 is 0 Å². The minimum absolute atomic E-state index is 0.689. The van der Waals surface area contributed by atoms with Crippen molar-refractivity contribution in [2.75, 3.05) is 17.2 Å². The summed E-state index contributed by atoms with van der Waals surface area (Å²) in [6, 6.07) is 0.689. The van der Waals surface area contributed by atoms with E-state index in [1.165, 1.54) is 32.1 Å². The van der Waals surface area contributed by atoms with E-state index in [2.05, 4.69) is 16.8 Å². The molecular formula is C11H19N3S. The Morgan fingerprint density at radius 1 is 1.47 bits per heavy atom. The van der Waals surface area contributed by atoms with Gasteiger partial charge in [-0.3, -0.25) is 0 Å². The van der Waals surface area contributed by atoms with E-state index in [1.54, 1.807) is 17.5 Å². The van der Waals surface area contributed by atoms with Crippen molar-refractivity contribution in [3.05, 3.63) is 6.20 Å². The summed E-state index contributed by atoms with van der Waals surface area (Å²) in [5.74, 6) is 0. The Bertz CT molecular complexity index is 305. The second-order valence-corrected chi connectivity index (χ2v) is 5.16. The maximum Gasteiger partial charge on any atom is 0.187 e. The normalized spacial score (nSPS) is 17.9. The zero-order chi connectivity index (χ0) is 10.7. The van der Waals surface area contributed by atoms with E-state index in [1.807, 2.05) is 0 Å². The molecular weight excluding hydrogens is 206 g/mol. The molecule has 0 aliphatic heterocycles. The van der Waals surface area contributed by atoms with Crippen LogP contribution in [-0.2, 0) is 0 Å². The lowest BCUT2D eigenvalue weighted by molar-refractivity contribution is 0.418. The minimum Gasteiger partial charge on any atom is -0.389 e. The highest BCUT2D eigenvalue weighted by molar-refractivity contribution is 7.19. The smallest absolute Gasteiger partial charge is 0.187 e. The van der Waals surface area contributed by atoms with Crippen LogP contribution in [0.3, 0.4) is 0 Å². The predicted molar refractivity (Wildman–Crippen MR) is 66.4 cm³/mol. The zero-order valence-electron chi connectivity index (χ0n) is 9.28. The van der Waals surface area contributed by atoms with Crippen molar-refractivity contribution in [2.45, 2.75) is 45.1 Å². The molecule has 1 fully saturated rings. The van der Waals surface area contributed by atoms with Gasteiger partial charge in [0.25, 0.3) is 0 Å². The van der Waals surface area contributed by atoms with Crippen LogP contribution in [-0.4, -0.2) is 17.6 Å². The van der Waals surface area contributed by atoms with E-state index in [0.717, 1.165) is 16.7 Å². The molecule has 1 aromatic rings. The summed E-state index contributed by atoms with van der Waals surface area (Å²) in [4.78, 5) is 6.80. The van der Waals surface area contributed by atoms with Gasteiger partial charge < -0.3 is 10.6 Å². The van der Waals surface area contributed by atoms with Gasteiger partial charge >= 0.3 is 0 Å². The monoisotopic (exact) mass is 225 g/mol. The lowest BCUT2D eigenvalue weighted by Crippen LogP contribution is -2.36. The van der Waals surface area contributed by atoms with Crippen LogP contribution in [0.25, 0.3) is 0 Å². The quantitative estimate of drug-likeness (QED) is 0.860. The lowest BCUT2D eigenvalue weighted by Gasteiger charge is -2.33. The summed E-state index contributed by atoms with van der Waals surface area (Å²) in [5.41, 5.74) is 5.73. The number of aromatic nitrogens is 1. The van der Waals surface area contributed by atoms with Crippen LogP contribution in [0, 0.1) is 0 Å². The first kappa shape index (κ1) is 10.7. The van der Waals surface area contributed by atoms with Crippen molar-refractivity contribution in [1.82, 2.24) is 4.98 Å². The molecule has 0 amide bonds. The van der Waals surface area contributed by atoms with Crippen molar-refractivity contribution in [3.63, 3.8) is 0 Å². The maximum atomic E-state index is 5.73. The summed E-state index contributed by atoms with van der Waals surface area (Å²) in [6.45, 7) is 3.24. The average Bonchev–Trinajstić information content (AvgIpc) is 2.68. The fourth-order valence-corrected chi connectivity index (χ4v) is 3.17. The standard InChI is InChI=1S/C11H19N3S/c1-2-14(9-6-4-3-5-7-9)11-13-8-10(12)15-11/h8-9H,2-7,12H2,1H3. The van der Waals surface area contributed by atoms with Gasteiger partial charge in [0.2, 0.25) is 0 Å². The maximum absolute atomic E-state index is 5.73. The molecule has 15 heavy (non-hydrogen) atoms. The Morgan fingerprint density at radius 2 is 2.20 bits per heavy atom. The predicted octanol–water partition coefficient (Wildman–Crippen LogP) is 2.88. The van der Waals surface area contributed by atoms with Gasteiger partial charge in [0, 0.05) is 12.6 Å².